The van der Waals surface area contributed by atoms with Crippen LogP contribution in [0.3, 0.4) is 0 Å². The van der Waals surface area contributed by atoms with Crippen LogP contribution in [0.4, 0.5) is 0 Å². The van der Waals surface area contributed by atoms with Gasteiger partial charge in [0, 0.05) is 10.6 Å². The highest BCUT2D eigenvalue weighted by Gasteiger charge is 2.37. The van der Waals surface area contributed by atoms with Gasteiger partial charge in [0.05, 0.1) is 14.2 Å². The van der Waals surface area contributed by atoms with E-state index in [1.165, 1.54) is 10.6 Å². The summed E-state index contributed by atoms with van der Waals surface area (Å²) >= 11 is 0. The van der Waals surface area contributed by atoms with Crippen LogP contribution in [-0.2, 0) is 9.26 Å². The summed E-state index contributed by atoms with van der Waals surface area (Å²) < 4.78 is 12.5. The SMILES string of the molecule is CC(C)[C@H]1COC(C(C)(C)OP(c2ccccc2)c2ccccc2)=N1. The minimum absolute atomic E-state index is 0.220. The normalized spacial score (nSPS) is 17.7. The number of aliphatic imine (C=N–C) groups is 1. The molecule has 0 saturated heterocycles. The lowest BCUT2D eigenvalue weighted by molar-refractivity contribution is 0.165. The standard InChI is InChI=1S/C21H26NO2P/c1-16(2)19-15-23-20(22-19)21(3,4)24-25(17-11-7-5-8-12-17)18-13-9-6-10-14-18/h5-14,16,19H,15H2,1-4H3/t19-/m1/s1. The Bertz CT molecular complexity index is 674. The molecule has 1 aliphatic rings. The molecule has 0 spiro atoms. The zero-order valence-corrected chi connectivity index (χ0v) is 16.2. The second-order valence-electron chi connectivity index (χ2n) is 7.12. The predicted octanol–water partition coefficient (Wildman–Crippen LogP) is 4.28. The summed E-state index contributed by atoms with van der Waals surface area (Å²) in [6.45, 7) is 9.10. The van der Waals surface area contributed by atoms with Crippen molar-refractivity contribution in [2.75, 3.05) is 6.61 Å². The van der Waals surface area contributed by atoms with Gasteiger partial charge >= 0.3 is 0 Å². The molecule has 4 heteroatoms. The molecular formula is C21H26NO2P. The molecule has 1 heterocycles. The highest BCUT2D eigenvalue weighted by Crippen LogP contribution is 2.41. The van der Waals surface area contributed by atoms with Crippen molar-refractivity contribution >= 4 is 24.7 Å². The first-order valence-corrected chi connectivity index (χ1v) is 10.0. The van der Waals surface area contributed by atoms with Crippen LogP contribution in [0.25, 0.3) is 0 Å². The molecular weight excluding hydrogens is 329 g/mol. The minimum Gasteiger partial charge on any atom is -0.477 e. The molecule has 0 aliphatic carbocycles. The van der Waals surface area contributed by atoms with Crippen molar-refractivity contribution < 1.29 is 9.26 Å². The van der Waals surface area contributed by atoms with E-state index >= 15 is 0 Å². The highest BCUT2D eigenvalue weighted by molar-refractivity contribution is 7.68. The van der Waals surface area contributed by atoms with Gasteiger partial charge in [-0.3, -0.25) is 0 Å². The van der Waals surface area contributed by atoms with E-state index < -0.39 is 13.7 Å². The van der Waals surface area contributed by atoms with E-state index in [1.807, 2.05) is 12.1 Å². The summed E-state index contributed by atoms with van der Waals surface area (Å²) in [7, 11) is -0.945. The first-order valence-electron chi connectivity index (χ1n) is 8.78. The Morgan fingerprint density at radius 3 is 1.96 bits per heavy atom. The number of nitrogens with zero attached hydrogens (tertiary/aromatic N) is 1. The van der Waals surface area contributed by atoms with Crippen LogP contribution in [0.5, 0.6) is 0 Å². The van der Waals surface area contributed by atoms with Crippen LogP contribution in [0.15, 0.2) is 65.7 Å². The fraction of sp³-hybridized carbons (Fsp3) is 0.381. The van der Waals surface area contributed by atoms with E-state index in [4.69, 9.17) is 14.3 Å². The number of hydrogen-bond acceptors (Lipinski definition) is 3. The number of ether oxygens (including phenoxy) is 1. The quantitative estimate of drug-likeness (QED) is 0.724. The van der Waals surface area contributed by atoms with Crippen molar-refractivity contribution in [3.8, 4) is 0 Å². The summed E-state index contributed by atoms with van der Waals surface area (Å²) in [5, 5.41) is 2.38. The van der Waals surface area contributed by atoms with Gasteiger partial charge in [-0.25, -0.2) is 4.99 Å². The molecule has 132 valence electrons. The van der Waals surface area contributed by atoms with Gasteiger partial charge in [-0.2, -0.15) is 0 Å². The van der Waals surface area contributed by atoms with E-state index in [1.54, 1.807) is 0 Å². The Morgan fingerprint density at radius 2 is 1.52 bits per heavy atom. The van der Waals surface area contributed by atoms with Crippen molar-refractivity contribution in [3.05, 3.63) is 60.7 Å². The largest absolute Gasteiger partial charge is 0.477 e. The van der Waals surface area contributed by atoms with E-state index in [-0.39, 0.29) is 6.04 Å². The Morgan fingerprint density at radius 1 is 1.00 bits per heavy atom. The third-order valence-electron chi connectivity index (χ3n) is 4.26. The molecule has 0 fully saturated rings. The van der Waals surface area contributed by atoms with Gasteiger partial charge in [0.2, 0.25) is 5.90 Å². The summed E-state index contributed by atoms with van der Waals surface area (Å²) in [5.41, 5.74) is -0.568. The van der Waals surface area contributed by atoms with Crippen LogP contribution >= 0.6 is 8.15 Å². The maximum atomic E-state index is 6.63. The molecule has 0 amide bonds. The van der Waals surface area contributed by atoms with Crippen LogP contribution in [-0.4, -0.2) is 24.1 Å². The van der Waals surface area contributed by atoms with Crippen molar-refractivity contribution in [3.63, 3.8) is 0 Å². The second-order valence-corrected chi connectivity index (χ2v) is 8.93. The van der Waals surface area contributed by atoms with Crippen molar-refractivity contribution in [1.29, 1.82) is 0 Å². The van der Waals surface area contributed by atoms with Gasteiger partial charge in [0.25, 0.3) is 0 Å². The molecule has 0 saturated carbocycles. The molecule has 25 heavy (non-hydrogen) atoms. The number of hydrogen-bond donors (Lipinski definition) is 0. The van der Waals surface area contributed by atoms with Gasteiger partial charge in [-0.05, 0) is 19.8 Å². The van der Waals surface area contributed by atoms with Crippen LogP contribution in [0.1, 0.15) is 27.7 Å². The summed E-state index contributed by atoms with van der Waals surface area (Å²) in [5.74, 6) is 1.18. The second kappa shape index (κ2) is 7.68. The third kappa shape index (κ3) is 4.29. The summed E-state index contributed by atoms with van der Waals surface area (Å²) in [6.07, 6.45) is 0. The highest BCUT2D eigenvalue weighted by atomic mass is 31.1. The Balaban J connectivity index is 1.89. The molecule has 1 atom stereocenters. The van der Waals surface area contributed by atoms with Gasteiger partial charge in [-0.1, -0.05) is 74.5 Å². The topological polar surface area (TPSA) is 30.8 Å². The van der Waals surface area contributed by atoms with Crippen molar-refractivity contribution in [2.45, 2.75) is 39.3 Å². The van der Waals surface area contributed by atoms with Gasteiger partial charge in [0.1, 0.15) is 12.2 Å². The van der Waals surface area contributed by atoms with Gasteiger partial charge < -0.3 is 9.26 Å². The summed E-state index contributed by atoms with van der Waals surface area (Å²) in [4.78, 5) is 4.78. The fourth-order valence-electron chi connectivity index (χ4n) is 2.71. The predicted molar refractivity (Wildman–Crippen MR) is 106 cm³/mol. The fourth-order valence-corrected chi connectivity index (χ4v) is 4.64. The average Bonchev–Trinajstić information content (AvgIpc) is 3.13. The number of rotatable bonds is 6. The van der Waals surface area contributed by atoms with Gasteiger partial charge in [-0.15, -0.1) is 0 Å². The molecule has 3 rings (SSSR count). The van der Waals surface area contributed by atoms with Crippen LogP contribution < -0.4 is 10.6 Å². The Hall–Kier alpha value is -1.70. The lowest BCUT2D eigenvalue weighted by atomic mass is 10.1. The molecule has 1 aliphatic heterocycles. The smallest absolute Gasteiger partial charge is 0.216 e. The van der Waals surface area contributed by atoms with E-state index in [2.05, 4.69) is 76.2 Å². The lowest BCUT2D eigenvalue weighted by Crippen LogP contribution is -2.36. The molecule has 0 bridgehead atoms. The molecule has 0 N–H and O–H groups in total. The first-order chi connectivity index (χ1) is 12.0. The molecule has 0 aromatic heterocycles. The van der Waals surface area contributed by atoms with Crippen LogP contribution in [0, 0.1) is 5.92 Å². The summed E-state index contributed by atoms with van der Waals surface area (Å²) in [6, 6.07) is 21.0. The monoisotopic (exact) mass is 355 g/mol. The molecule has 0 radical (unpaired) electrons. The molecule has 0 unspecified atom stereocenters. The average molecular weight is 355 g/mol. The Labute approximate surface area is 151 Å². The zero-order valence-electron chi connectivity index (χ0n) is 15.3. The van der Waals surface area contributed by atoms with Crippen LogP contribution in [0.2, 0.25) is 0 Å². The minimum atomic E-state index is -0.945. The third-order valence-corrected chi connectivity index (χ3v) is 6.43. The van der Waals surface area contributed by atoms with E-state index in [0.717, 1.165) is 0 Å². The van der Waals surface area contributed by atoms with E-state index in [9.17, 15) is 0 Å². The Kier molecular flexibility index (Phi) is 5.56. The van der Waals surface area contributed by atoms with E-state index in [0.29, 0.717) is 18.4 Å². The maximum absolute atomic E-state index is 6.63. The molecule has 2 aromatic carbocycles. The van der Waals surface area contributed by atoms with Crippen molar-refractivity contribution in [2.24, 2.45) is 10.9 Å². The zero-order chi connectivity index (χ0) is 17.9. The molecule has 2 aromatic rings. The lowest BCUT2D eigenvalue weighted by Gasteiger charge is -2.30. The number of benzene rings is 2. The first kappa shape index (κ1) is 18.1. The molecule has 3 nitrogen and oxygen atoms in total. The van der Waals surface area contributed by atoms with Gasteiger partial charge in [0.15, 0.2) is 0 Å². The van der Waals surface area contributed by atoms with Crippen molar-refractivity contribution in [1.82, 2.24) is 0 Å². The maximum Gasteiger partial charge on any atom is 0.216 e.